The first-order valence-electron chi connectivity index (χ1n) is 8.94. The van der Waals surface area contributed by atoms with E-state index < -0.39 is 6.29 Å². The summed E-state index contributed by atoms with van der Waals surface area (Å²) in [6, 6.07) is 10.0. The van der Waals surface area contributed by atoms with Crippen molar-refractivity contribution in [1.29, 1.82) is 0 Å². The Balaban J connectivity index is 1.77. The van der Waals surface area contributed by atoms with Gasteiger partial charge in [0.25, 0.3) is 0 Å². The fourth-order valence-corrected chi connectivity index (χ4v) is 5.08. The van der Waals surface area contributed by atoms with E-state index in [0.717, 1.165) is 16.2 Å². The van der Waals surface area contributed by atoms with Crippen molar-refractivity contribution in [2.24, 2.45) is 17.8 Å². The molecule has 0 bridgehead atoms. The van der Waals surface area contributed by atoms with Gasteiger partial charge in [-0.25, -0.2) is 4.79 Å². The molecule has 3 rings (SSSR count). The SMILES string of the molecule is CC(C)[C@@H]1CC[C@@H](C)C[C@H]1O[C@H]1OC(=O)C(Br)=C1Sc1ccccc1. The predicted octanol–water partition coefficient (Wildman–Crippen LogP) is 5.75. The first-order chi connectivity index (χ1) is 12.0. The maximum absolute atomic E-state index is 12.1. The molecule has 2 aliphatic rings. The maximum atomic E-state index is 12.1. The van der Waals surface area contributed by atoms with Crippen LogP contribution in [0, 0.1) is 17.8 Å². The Morgan fingerprint density at radius 3 is 2.64 bits per heavy atom. The van der Waals surface area contributed by atoms with Gasteiger partial charge in [-0.3, -0.25) is 0 Å². The number of cyclic esters (lactones) is 1. The Bertz CT molecular complexity index is 644. The number of hydrogen-bond donors (Lipinski definition) is 0. The largest absolute Gasteiger partial charge is 0.427 e. The quantitative estimate of drug-likeness (QED) is 0.563. The van der Waals surface area contributed by atoms with Gasteiger partial charge in [-0.15, -0.1) is 0 Å². The second-order valence-electron chi connectivity index (χ2n) is 7.33. The number of carbonyl (C=O) groups is 1. The normalized spacial score (nSPS) is 30.0. The van der Waals surface area contributed by atoms with E-state index in [1.54, 1.807) is 0 Å². The molecule has 0 aromatic heterocycles. The summed E-state index contributed by atoms with van der Waals surface area (Å²) in [5, 5.41) is 0. The molecule has 1 heterocycles. The summed E-state index contributed by atoms with van der Waals surface area (Å²) >= 11 is 4.93. The molecule has 5 heteroatoms. The van der Waals surface area contributed by atoms with Crippen LogP contribution in [0.2, 0.25) is 0 Å². The molecule has 1 aromatic rings. The second-order valence-corrected chi connectivity index (χ2v) is 9.24. The zero-order chi connectivity index (χ0) is 18.0. The van der Waals surface area contributed by atoms with Crippen LogP contribution in [0.3, 0.4) is 0 Å². The number of halogens is 1. The maximum Gasteiger partial charge on any atom is 0.348 e. The van der Waals surface area contributed by atoms with Gasteiger partial charge in [0.2, 0.25) is 6.29 Å². The molecule has 0 unspecified atom stereocenters. The van der Waals surface area contributed by atoms with Gasteiger partial charge in [-0.1, -0.05) is 57.2 Å². The van der Waals surface area contributed by atoms with E-state index in [-0.39, 0.29) is 12.1 Å². The third-order valence-electron chi connectivity index (χ3n) is 5.05. The number of benzene rings is 1. The number of thioether (sulfide) groups is 1. The molecule has 1 aromatic carbocycles. The smallest absolute Gasteiger partial charge is 0.348 e. The second kappa shape index (κ2) is 8.28. The number of esters is 1. The van der Waals surface area contributed by atoms with Gasteiger partial charge in [0, 0.05) is 4.90 Å². The minimum atomic E-state index is -0.608. The minimum Gasteiger partial charge on any atom is -0.427 e. The fraction of sp³-hybridized carbons (Fsp3) is 0.550. The van der Waals surface area contributed by atoms with E-state index in [1.807, 2.05) is 30.3 Å². The Morgan fingerprint density at radius 2 is 1.96 bits per heavy atom. The third-order valence-corrected chi connectivity index (χ3v) is 7.19. The van der Waals surface area contributed by atoms with Gasteiger partial charge in [-0.05, 0) is 58.7 Å². The zero-order valence-electron chi connectivity index (χ0n) is 14.9. The topological polar surface area (TPSA) is 35.5 Å². The van der Waals surface area contributed by atoms with Crippen molar-refractivity contribution in [1.82, 2.24) is 0 Å². The molecule has 1 saturated carbocycles. The summed E-state index contributed by atoms with van der Waals surface area (Å²) in [5.74, 6) is 1.38. The van der Waals surface area contributed by atoms with Crippen LogP contribution in [-0.4, -0.2) is 18.4 Å². The molecule has 0 saturated heterocycles. The van der Waals surface area contributed by atoms with Crippen LogP contribution in [0.15, 0.2) is 44.6 Å². The first-order valence-corrected chi connectivity index (χ1v) is 10.6. The van der Waals surface area contributed by atoms with Gasteiger partial charge < -0.3 is 9.47 Å². The lowest BCUT2D eigenvalue weighted by atomic mass is 9.75. The van der Waals surface area contributed by atoms with Gasteiger partial charge in [0.05, 0.1) is 11.0 Å². The van der Waals surface area contributed by atoms with E-state index in [1.165, 1.54) is 24.6 Å². The minimum absolute atomic E-state index is 0.131. The molecular weight excluding hydrogens is 400 g/mol. The van der Waals surface area contributed by atoms with Crippen LogP contribution in [0.5, 0.6) is 0 Å². The van der Waals surface area contributed by atoms with Gasteiger partial charge in [0.15, 0.2) is 0 Å². The summed E-state index contributed by atoms with van der Waals surface area (Å²) in [4.78, 5) is 14.0. The molecule has 1 fully saturated rings. The Morgan fingerprint density at radius 1 is 1.24 bits per heavy atom. The molecule has 0 spiro atoms. The standard InChI is InChI=1S/C20H25BrO3S/c1-12(2)15-10-9-13(3)11-16(15)23-20-18(17(21)19(22)24-20)25-14-7-5-4-6-8-14/h4-8,12-13,15-16,20H,9-11H2,1-3H3/t13-,15+,16-,20+/m1/s1. The number of hydrogen-bond acceptors (Lipinski definition) is 4. The Hall–Kier alpha value is -0.780. The third kappa shape index (κ3) is 4.50. The van der Waals surface area contributed by atoms with Crippen molar-refractivity contribution in [3.8, 4) is 0 Å². The van der Waals surface area contributed by atoms with Crippen LogP contribution < -0.4 is 0 Å². The molecule has 25 heavy (non-hydrogen) atoms. The van der Waals surface area contributed by atoms with Crippen LogP contribution in [0.4, 0.5) is 0 Å². The van der Waals surface area contributed by atoms with Gasteiger partial charge in [0.1, 0.15) is 4.48 Å². The summed E-state index contributed by atoms with van der Waals surface area (Å²) in [5.41, 5.74) is 0. The van der Waals surface area contributed by atoms with E-state index in [4.69, 9.17) is 9.47 Å². The highest BCUT2D eigenvalue weighted by molar-refractivity contribution is 9.12. The van der Waals surface area contributed by atoms with Crippen LogP contribution in [0.25, 0.3) is 0 Å². The number of carbonyl (C=O) groups excluding carboxylic acids is 1. The van der Waals surface area contributed by atoms with E-state index in [0.29, 0.717) is 22.2 Å². The Labute approximate surface area is 162 Å². The predicted molar refractivity (Wildman–Crippen MR) is 104 cm³/mol. The highest BCUT2D eigenvalue weighted by Gasteiger charge is 2.39. The molecule has 0 radical (unpaired) electrons. The summed E-state index contributed by atoms with van der Waals surface area (Å²) in [7, 11) is 0. The van der Waals surface area contributed by atoms with Gasteiger partial charge >= 0.3 is 5.97 Å². The van der Waals surface area contributed by atoms with Crippen molar-refractivity contribution >= 4 is 33.7 Å². The average Bonchev–Trinajstić information content (AvgIpc) is 2.83. The van der Waals surface area contributed by atoms with Crippen LogP contribution in [-0.2, 0) is 14.3 Å². The lowest BCUT2D eigenvalue weighted by molar-refractivity contribution is -0.179. The molecule has 136 valence electrons. The van der Waals surface area contributed by atoms with Crippen molar-refractivity contribution < 1.29 is 14.3 Å². The average molecular weight is 425 g/mol. The molecule has 3 nitrogen and oxygen atoms in total. The highest BCUT2D eigenvalue weighted by atomic mass is 79.9. The monoisotopic (exact) mass is 424 g/mol. The Kier molecular flexibility index (Phi) is 6.29. The summed E-state index contributed by atoms with van der Waals surface area (Å²) in [6.45, 7) is 6.78. The summed E-state index contributed by atoms with van der Waals surface area (Å²) in [6.07, 6.45) is 2.97. The van der Waals surface area contributed by atoms with Crippen molar-refractivity contribution in [3.05, 3.63) is 39.7 Å². The van der Waals surface area contributed by atoms with Crippen molar-refractivity contribution in [2.45, 2.75) is 57.3 Å². The number of ether oxygens (including phenoxy) is 2. The van der Waals surface area contributed by atoms with E-state index in [2.05, 4.69) is 36.7 Å². The zero-order valence-corrected chi connectivity index (χ0v) is 17.3. The molecule has 0 amide bonds. The van der Waals surface area contributed by atoms with Crippen LogP contribution in [0.1, 0.15) is 40.0 Å². The summed E-state index contributed by atoms with van der Waals surface area (Å²) < 4.78 is 12.4. The van der Waals surface area contributed by atoms with E-state index in [9.17, 15) is 4.79 Å². The molecular formula is C20H25BrO3S. The molecule has 1 aliphatic heterocycles. The molecule has 4 atom stereocenters. The lowest BCUT2D eigenvalue weighted by Crippen LogP contribution is -2.37. The lowest BCUT2D eigenvalue weighted by Gasteiger charge is -2.38. The van der Waals surface area contributed by atoms with Crippen molar-refractivity contribution in [3.63, 3.8) is 0 Å². The molecule has 0 N–H and O–H groups in total. The van der Waals surface area contributed by atoms with Crippen molar-refractivity contribution in [2.75, 3.05) is 0 Å². The fourth-order valence-electron chi connectivity index (χ4n) is 3.63. The highest BCUT2D eigenvalue weighted by Crippen LogP contribution is 2.43. The molecule has 1 aliphatic carbocycles. The number of rotatable bonds is 5. The van der Waals surface area contributed by atoms with Crippen LogP contribution >= 0.6 is 27.7 Å². The van der Waals surface area contributed by atoms with E-state index >= 15 is 0 Å². The first kappa shape index (κ1) is 19.0. The van der Waals surface area contributed by atoms with Gasteiger partial charge in [-0.2, -0.15) is 0 Å².